The van der Waals surface area contributed by atoms with E-state index in [4.69, 9.17) is 4.74 Å². The number of urea groups is 1. The summed E-state index contributed by atoms with van der Waals surface area (Å²) in [6.45, 7) is 5.91. The smallest absolute Gasteiger partial charge is 0.338 e. The van der Waals surface area contributed by atoms with Crippen molar-refractivity contribution in [2.24, 2.45) is 0 Å². The Balaban J connectivity index is 2.45. The van der Waals surface area contributed by atoms with E-state index >= 15 is 0 Å². The normalized spacial score (nSPS) is 18.3. The number of rotatable bonds is 4. The van der Waals surface area contributed by atoms with Crippen molar-refractivity contribution < 1.29 is 14.3 Å². The van der Waals surface area contributed by atoms with E-state index in [9.17, 15) is 9.59 Å². The summed E-state index contributed by atoms with van der Waals surface area (Å²) in [6.07, 6.45) is 0.944. The second-order valence-corrected chi connectivity index (χ2v) is 5.26. The molecule has 1 N–H and O–H groups in total. The van der Waals surface area contributed by atoms with Crippen LogP contribution < -0.4 is 5.32 Å². The van der Waals surface area contributed by atoms with E-state index in [1.54, 1.807) is 20.9 Å². The number of hydrogen-bond acceptors (Lipinski definition) is 3. The van der Waals surface area contributed by atoms with E-state index in [-0.39, 0.29) is 6.03 Å². The van der Waals surface area contributed by atoms with Gasteiger partial charge in [-0.3, -0.25) is 0 Å². The van der Waals surface area contributed by atoms with Gasteiger partial charge < -0.3 is 15.0 Å². The van der Waals surface area contributed by atoms with Crippen LogP contribution in [0.4, 0.5) is 4.79 Å². The predicted octanol–water partition coefficient (Wildman–Crippen LogP) is 2.78. The summed E-state index contributed by atoms with van der Waals surface area (Å²) in [5.41, 5.74) is 3.18. The number of nitrogens with one attached hydrogen (secondary N) is 1. The van der Waals surface area contributed by atoms with Crippen LogP contribution in [0.1, 0.15) is 37.9 Å². The van der Waals surface area contributed by atoms with Crippen molar-refractivity contribution >= 4 is 12.0 Å². The number of hydrogen-bond donors (Lipinski definition) is 1. The van der Waals surface area contributed by atoms with Crippen molar-refractivity contribution in [3.63, 3.8) is 0 Å². The van der Waals surface area contributed by atoms with Gasteiger partial charge in [-0.15, -0.1) is 0 Å². The molecule has 1 aromatic carbocycles. The van der Waals surface area contributed by atoms with Crippen molar-refractivity contribution in [2.45, 2.75) is 33.2 Å². The van der Waals surface area contributed by atoms with Crippen molar-refractivity contribution in [1.82, 2.24) is 10.2 Å². The molecule has 0 unspecified atom stereocenters. The number of esters is 1. The van der Waals surface area contributed by atoms with Crippen molar-refractivity contribution in [2.75, 3.05) is 13.7 Å². The molecule has 0 bridgehead atoms. The summed E-state index contributed by atoms with van der Waals surface area (Å²) in [5, 5.41) is 2.87. The quantitative estimate of drug-likeness (QED) is 0.870. The lowest BCUT2D eigenvalue weighted by Gasteiger charge is -2.33. The van der Waals surface area contributed by atoms with Gasteiger partial charge in [0.15, 0.2) is 0 Å². The Morgan fingerprint density at radius 1 is 1.27 bits per heavy atom. The van der Waals surface area contributed by atoms with E-state index in [2.05, 4.69) is 12.2 Å². The molecule has 1 atom stereocenters. The molecular formula is C17H22N2O3. The highest BCUT2D eigenvalue weighted by atomic mass is 16.5. The molecule has 5 heteroatoms. The third kappa shape index (κ3) is 2.98. The molecule has 0 radical (unpaired) electrons. The van der Waals surface area contributed by atoms with Gasteiger partial charge in [-0.1, -0.05) is 31.2 Å². The Bertz CT molecular complexity index is 605. The molecule has 1 aliphatic rings. The Morgan fingerprint density at radius 2 is 1.91 bits per heavy atom. The van der Waals surface area contributed by atoms with Gasteiger partial charge in [0, 0.05) is 12.7 Å². The maximum absolute atomic E-state index is 12.3. The lowest BCUT2D eigenvalue weighted by molar-refractivity contribution is -0.139. The van der Waals surface area contributed by atoms with E-state index in [1.807, 2.05) is 24.3 Å². The maximum atomic E-state index is 12.3. The zero-order valence-corrected chi connectivity index (χ0v) is 13.5. The summed E-state index contributed by atoms with van der Waals surface area (Å²) in [7, 11) is 1.64. The van der Waals surface area contributed by atoms with Gasteiger partial charge in [0.25, 0.3) is 0 Å². The molecule has 0 aliphatic carbocycles. The Kier molecular flexibility index (Phi) is 4.85. The molecule has 0 aromatic heterocycles. The number of ether oxygens (including phenoxy) is 1. The first-order chi connectivity index (χ1) is 10.5. The van der Waals surface area contributed by atoms with Crippen LogP contribution in [0, 0.1) is 0 Å². The van der Waals surface area contributed by atoms with Crippen LogP contribution in [0.25, 0.3) is 0 Å². The predicted molar refractivity (Wildman–Crippen MR) is 84.2 cm³/mol. The number of carbonyl (C=O) groups is 2. The van der Waals surface area contributed by atoms with Gasteiger partial charge >= 0.3 is 12.0 Å². The summed E-state index contributed by atoms with van der Waals surface area (Å²) in [6, 6.07) is 7.21. The standard InChI is InChI=1S/C17H22N2O3/c1-5-12-7-9-13(10-8-12)15-14(16(20)22-6-2)11(3)19(4)17(21)18-15/h7-10,15H,5-6H2,1-4H3,(H,18,21)/t15-/m0/s1. The molecule has 2 amide bonds. The number of benzene rings is 1. The second kappa shape index (κ2) is 6.64. The average molecular weight is 302 g/mol. The molecule has 0 saturated carbocycles. The highest BCUT2D eigenvalue weighted by Gasteiger charge is 2.34. The maximum Gasteiger partial charge on any atom is 0.338 e. The Morgan fingerprint density at radius 3 is 2.45 bits per heavy atom. The minimum Gasteiger partial charge on any atom is -0.463 e. The summed E-state index contributed by atoms with van der Waals surface area (Å²) in [4.78, 5) is 25.8. The monoisotopic (exact) mass is 302 g/mol. The molecule has 22 heavy (non-hydrogen) atoms. The van der Waals surface area contributed by atoms with Crippen LogP contribution in [0.3, 0.4) is 0 Å². The van der Waals surface area contributed by atoms with Crippen LogP contribution in [0.2, 0.25) is 0 Å². The van der Waals surface area contributed by atoms with Crippen molar-refractivity contribution in [3.05, 3.63) is 46.7 Å². The fourth-order valence-corrected chi connectivity index (χ4v) is 2.50. The number of allylic oxidation sites excluding steroid dienone is 1. The van der Waals surface area contributed by atoms with E-state index in [1.165, 1.54) is 10.5 Å². The summed E-state index contributed by atoms with van der Waals surface area (Å²) >= 11 is 0. The molecule has 1 heterocycles. The first-order valence-corrected chi connectivity index (χ1v) is 7.50. The topological polar surface area (TPSA) is 58.6 Å². The fraction of sp³-hybridized carbons (Fsp3) is 0.412. The zero-order chi connectivity index (χ0) is 16.3. The molecule has 1 aliphatic heterocycles. The molecule has 0 spiro atoms. The molecule has 2 rings (SSSR count). The molecule has 5 nitrogen and oxygen atoms in total. The van der Waals surface area contributed by atoms with E-state index in [0.717, 1.165) is 12.0 Å². The lowest BCUT2D eigenvalue weighted by atomic mass is 9.94. The molecule has 0 fully saturated rings. The van der Waals surface area contributed by atoms with Crippen LogP contribution in [0.15, 0.2) is 35.5 Å². The first kappa shape index (κ1) is 16.1. The highest BCUT2D eigenvalue weighted by Crippen LogP contribution is 2.30. The van der Waals surface area contributed by atoms with Crippen LogP contribution >= 0.6 is 0 Å². The highest BCUT2D eigenvalue weighted by molar-refractivity contribution is 5.94. The molecule has 118 valence electrons. The minimum atomic E-state index is -0.478. The van der Waals surface area contributed by atoms with Gasteiger partial charge in [-0.25, -0.2) is 9.59 Å². The van der Waals surface area contributed by atoms with Gasteiger partial charge in [0.05, 0.1) is 18.2 Å². The van der Waals surface area contributed by atoms with Crippen molar-refractivity contribution in [3.8, 4) is 0 Å². The van der Waals surface area contributed by atoms with E-state index < -0.39 is 12.0 Å². The number of aryl methyl sites for hydroxylation is 1. The molecule has 0 saturated heterocycles. The zero-order valence-electron chi connectivity index (χ0n) is 13.5. The Labute approximate surface area is 130 Å². The van der Waals surface area contributed by atoms with E-state index in [0.29, 0.717) is 17.9 Å². The SMILES string of the molecule is CCOC(=O)C1=C(C)N(C)C(=O)N[C@H]1c1ccc(CC)cc1. The largest absolute Gasteiger partial charge is 0.463 e. The number of amides is 2. The Hall–Kier alpha value is -2.30. The first-order valence-electron chi connectivity index (χ1n) is 7.50. The van der Waals surface area contributed by atoms with Crippen LogP contribution in [-0.4, -0.2) is 30.6 Å². The fourth-order valence-electron chi connectivity index (χ4n) is 2.50. The lowest BCUT2D eigenvalue weighted by Crippen LogP contribution is -2.46. The average Bonchev–Trinajstić information content (AvgIpc) is 2.52. The van der Waals surface area contributed by atoms with Gasteiger partial charge in [-0.05, 0) is 31.4 Å². The molecule has 1 aromatic rings. The second-order valence-electron chi connectivity index (χ2n) is 5.26. The molecular weight excluding hydrogens is 280 g/mol. The third-order valence-electron chi connectivity index (χ3n) is 3.97. The number of nitrogens with zero attached hydrogens (tertiary/aromatic N) is 1. The summed E-state index contributed by atoms with van der Waals surface area (Å²) < 4.78 is 5.16. The minimum absolute atomic E-state index is 0.227. The van der Waals surface area contributed by atoms with Crippen LogP contribution in [0.5, 0.6) is 0 Å². The van der Waals surface area contributed by atoms with Gasteiger partial charge in [0.1, 0.15) is 0 Å². The number of carbonyl (C=O) groups excluding carboxylic acids is 2. The van der Waals surface area contributed by atoms with Crippen LogP contribution in [-0.2, 0) is 16.0 Å². The van der Waals surface area contributed by atoms with Gasteiger partial charge in [-0.2, -0.15) is 0 Å². The van der Waals surface area contributed by atoms with Crippen molar-refractivity contribution in [1.29, 1.82) is 0 Å². The third-order valence-corrected chi connectivity index (χ3v) is 3.97. The van der Waals surface area contributed by atoms with Gasteiger partial charge in [0.2, 0.25) is 0 Å². The summed E-state index contributed by atoms with van der Waals surface area (Å²) in [5.74, 6) is -0.392.